The van der Waals surface area contributed by atoms with Gasteiger partial charge in [0.25, 0.3) is 7.41 Å². The van der Waals surface area contributed by atoms with Crippen molar-refractivity contribution in [2.24, 2.45) is 0 Å². The highest BCUT2D eigenvalue weighted by atomic mass is 16.5. The van der Waals surface area contributed by atoms with Gasteiger partial charge in [-0.15, -0.1) is 0 Å². The molecule has 2 N–H and O–H groups in total. The first kappa shape index (κ1) is 15.7. The predicted molar refractivity (Wildman–Crippen MR) is 88.5 cm³/mol. The van der Waals surface area contributed by atoms with Gasteiger partial charge >= 0.3 is 7.05 Å². The number of ether oxygens (including phenoxy) is 1. The Kier molecular flexibility index (Phi) is 5.47. The maximum Gasteiger partial charge on any atom is 0.406 e. The SMILES string of the molecule is COc1cc(C2=CCN(BC=O)CC2)ccc1NB(C)O. The third kappa shape index (κ3) is 4.12. The number of hydrogen-bond acceptors (Lipinski definition) is 5. The van der Waals surface area contributed by atoms with Crippen molar-refractivity contribution >= 4 is 31.9 Å². The lowest BCUT2D eigenvalue weighted by molar-refractivity contribution is 0.416. The Hall–Kier alpha value is -1.72. The molecule has 0 spiro atoms. The van der Waals surface area contributed by atoms with E-state index in [1.54, 1.807) is 13.9 Å². The van der Waals surface area contributed by atoms with Crippen LogP contribution in [-0.4, -0.2) is 50.7 Å². The maximum atomic E-state index is 10.5. The lowest BCUT2D eigenvalue weighted by atomic mass is 9.87. The minimum Gasteiger partial charge on any atom is -0.495 e. The first-order valence-corrected chi connectivity index (χ1v) is 7.12. The molecule has 2 rings (SSSR count). The molecule has 5 nitrogen and oxygen atoms in total. The van der Waals surface area contributed by atoms with Crippen molar-refractivity contribution in [3.8, 4) is 5.75 Å². The first-order chi connectivity index (χ1) is 10.1. The van der Waals surface area contributed by atoms with Crippen LogP contribution in [0.15, 0.2) is 24.3 Å². The van der Waals surface area contributed by atoms with Crippen molar-refractivity contribution in [2.45, 2.75) is 13.2 Å². The lowest BCUT2D eigenvalue weighted by Crippen LogP contribution is -2.32. The molecule has 0 saturated heterocycles. The second kappa shape index (κ2) is 7.33. The molecule has 1 aliphatic heterocycles. The number of anilines is 1. The van der Waals surface area contributed by atoms with Crippen molar-refractivity contribution in [3.05, 3.63) is 29.8 Å². The second-order valence-corrected chi connectivity index (χ2v) is 5.14. The van der Waals surface area contributed by atoms with Gasteiger partial charge in [0, 0.05) is 6.54 Å². The molecule has 21 heavy (non-hydrogen) atoms. The Labute approximate surface area is 126 Å². The smallest absolute Gasteiger partial charge is 0.406 e. The van der Waals surface area contributed by atoms with Crippen molar-refractivity contribution in [1.82, 2.24) is 4.81 Å². The molecular formula is C14H20B2N2O3. The van der Waals surface area contributed by atoms with E-state index in [2.05, 4.69) is 16.1 Å². The molecule has 1 aromatic rings. The van der Waals surface area contributed by atoms with Gasteiger partial charge in [-0.2, -0.15) is 0 Å². The summed E-state index contributed by atoms with van der Waals surface area (Å²) < 4.78 is 5.38. The van der Waals surface area contributed by atoms with Gasteiger partial charge < -0.3 is 24.6 Å². The Morgan fingerprint density at radius 2 is 2.33 bits per heavy atom. The Morgan fingerprint density at radius 3 is 2.90 bits per heavy atom. The normalized spacial score (nSPS) is 15.1. The van der Waals surface area contributed by atoms with E-state index in [-0.39, 0.29) is 0 Å². The highest BCUT2D eigenvalue weighted by Gasteiger charge is 2.15. The molecule has 0 unspecified atom stereocenters. The molecule has 0 aliphatic carbocycles. The molecule has 0 amide bonds. The Morgan fingerprint density at radius 1 is 1.52 bits per heavy atom. The van der Waals surface area contributed by atoms with Crippen LogP contribution in [0.4, 0.5) is 5.69 Å². The molecule has 0 saturated carbocycles. The molecule has 0 atom stereocenters. The quantitative estimate of drug-likeness (QED) is 0.599. The minimum atomic E-state index is -0.629. The Bertz CT molecular complexity index is 535. The van der Waals surface area contributed by atoms with Gasteiger partial charge in [0.2, 0.25) is 0 Å². The molecule has 0 fully saturated rings. The second-order valence-electron chi connectivity index (χ2n) is 5.14. The number of carbonyl (C=O) groups is 1. The number of nitrogens with one attached hydrogen (secondary N) is 1. The maximum absolute atomic E-state index is 10.5. The number of methoxy groups -OCH3 is 1. The van der Waals surface area contributed by atoms with Crippen molar-refractivity contribution in [3.63, 3.8) is 0 Å². The minimum absolute atomic E-state index is 0.490. The van der Waals surface area contributed by atoms with Gasteiger partial charge in [0.15, 0.2) is 0 Å². The summed E-state index contributed by atoms with van der Waals surface area (Å²) in [5, 5.41) is 12.4. The zero-order valence-corrected chi connectivity index (χ0v) is 12.5. The third-order valence-electron chi connectivity index (χ3n) is 3.56. The molecular weight excluding hydrogens is 266 g/mol. The van der Waals surface area contributed by atoms with Crippen molar-refractivity contribution < 1.29 is 14.6 Å². The zero-order valence-electron chi connectivity index (χ0n) is 12.5. The van der Waals surface area contributed by atoms with Gasteiger partial charge in [0.1, 0.15) is 5.75 Å². The number of rotatable bonds is 6. The van der Waals surface area contributed by atoms with Gasteiger partial charge in [0.05, 0.1) is 19.0 Å². The summed E-state index contributed by atoms with van der Waals surface area (Å²) in [5.41, 5.74) is 3.16. The zero-order chi connectivity index (χ0) is 15.2. The summed E-state index contributed by atoms with van der Waals surface area (Å²) in [6, 6.07) is 5.92. The lowest BCUT2D eigenvalue weighted by Gasteiger charge is -2.24. The first-order valence-electron chi connectivity index (χ1n) is 7.12. The van der Waals surface area contributed by atoms with E-state index in [1.807, 2.05) is 18.2 Å². The average Bonchev–Trinajstić information content (AvgIpc) is 2.48. The number of benzene rings is 1. The van der Waals surface area contributed by atoms with E-state index in [9.17, 15) is 9.82 Å². The molecule has 7 heteroatoms. The largest absolute Gasteiger partial charge is 0.495 e. The van der Waals surface area contributed by atoms with E-state index >= 15 is 0 Å². The molecule has 0 bridgehead atoms. The summed E-state index contributed by atoms with van der Waals surface area (Å²) in [5.74, 6) is 0.713. The van der Waals surface area contributed by atoms with E-state index in [1.165, 1.54) is 5.57 Å². The van der Waals surface area contributed by atoms with Crippen LogP contribution in [0.25, 0.3) is 5.57 Å². The predicted octanol–water partition coefficient (Wildman–Crippen LogP) is 0.848. The highest BCUT2D eigenvalue weighted by molar-refractivity contribution is 6.64. The number of carbonyl (C=O) groups excluding carboxylic acids is 1. The fraction of sp³-hybridized carbons (Fsp3) is 0.357. The molecule has 1 aliphatic rings. The summed E-state index contributed by atoms with van der Waals surface area (Å²) in [7, 11) is 1.48. The molecule has 0 radical (unpaired) electrons. The summed E-state index contributed by atoms with van der Waals surface area (Å²) >= 11 is 0. The summed E-state index contributed by atoms with van der Waals surface area (Å²) in [6.07, 6.45) is 4.02. The average molecular weight is 286 g/mol. The molecule has 1 heterocycles. The van der Waals surface area contributed by atoms with E-state index in [0.717, 1.165) is 36.9 Å². The topological polar surface area (TPSA) is 61.8 Å². The van der Waals surface area contributed by atoms with Crippen molar-refractivity contribution in [2.75, 3.05) is 25.4 Å². The van der Waals surface area contributed by atoms with Gasteiger partial charge in [-0.1, -0.05) is 12.1 Å². The molecule has 110 valence electrons. The van der Waals surface area contributed by atoms with Crippen LogP contribution in [0.2, 0.25) is 6.82 Å². The summed E-state index contributed by atoms with van der Waals surface area (Å²) in [6.45, 7) is 3.35. The van der Waals surface area contributed by atoms with Crippen LogP contribution < -0.4 is 9.96 Å². The molecule has 0 aromatic heterocycles. The number of nitrogens with zero attached hydrogens (tertiary/aromatic N) is 1. The van der Waals surface area contributed by atoms with Crippen LogP contribution in [-0.2, 0) is 4.79 Å². The fourth-order valence-electron chi connectivity index (χ4n) is 2.48. The molecule has 1 aromatic carbocycles. The summed E-state index contributed by atoms with van der Waals surface area (Å²) in [4.78, 5) is 12.6. The Balaban J connectivity index is 2.16. The standard InChI is InChI=1S/C14H20B2N2O3/c1-16(20)17-13-4-3-12(9-14(13)21-2)11-5-7-18(8-6-11)15-10-19/h3-5,9-10,15,17,20H,6-8H2,1-2H3. The highest BCUT2D eigenvalue weighted by Crippen LogP contribution is 2.31. The van der Waals surface area contributed by atoms with Crippen LogP contribution >= 0.6 is 0 Å². The van der Waals surface area contributed by atoms with Crippen LogP contribution in [0.1, 0.15) is 12.0 Å². The van der Waals surface area contributed by atoms with E-state index in [0.29, 0.717) is 13.2 Å². The van der Waals surface area contributed by atoms with Crippen LogP contribution in [0.5, 0.6) is 5.75 Å². The van der Waals surface area contributed by atoms with Gasteiger partial charge in [-0.05, 0) is 43.1 Å². The van der Waals surface area contributed by atoms with Crippen molar-refractivity contribution in [1.29, 1.82) is 0 Å². The van der Waals surface area contributed by atoms with E-state index < -0.39 is 7.05 Å². The number of hydrogen-bond donors (Lipinski definition) is 2. The monoisotopic (exact) mass is 286 g/mol. The van der Waals surface area contributed by atoms with Gasteiger partial charge in [-0.25, -0.2) is 0 Å². The fourth-order valence-corrected chi connectivity index (χ4v) is 2.48. The van der Waals surface area contributed by atoms with E-state index in [4.69, 9.17) is 4.74 Å². The van der Waals surface area contributed by atoms with Gasteiger partial charge in [-0.3, -0.25) is 0 Å². The van der Waals surface area contributed by atoms with Crippen LogP contribution in [0.3, 0.4) is 0 Å². The third-order valence-corrected chi connectivity index (χ3v) is 3.56. The van der Waals surface area contributed by atoms with Crippen LogP contribution in [0, 0.1) is 0 Å².